The van der Waals surface area contributed by atoms with Gasteiger partial charge in [0.1, 0.15) is 10.8 Å². The molecule has 2 aromatic rings. The van der Waals surface area contributed by atoms with Gasteiger partial charge in [-0.1, -0.05) is 18.2 Å². The van der Waals surface area contributed by atoms with Gasteiger partial charge >= 0.3 is 6.18 Å². The zero-order valence-electron chi connectivity index (χ0n) is 11.4. The summed E-state index contributed by atoms with van der Waals surface area (Å²) in [7, 11) is -4.00. The summed E-state index contributed by atoms with van der Waals surface area (Å²) in [6.07, 6.45) is -5.34. The quantitative estimate of drug-likeness (QED) is 0.889. The number of carbonyl (C=O) groups is 1. The maximum Gasteiger partial charge on any atom is 0.397 e. The number of benzene rings is 1. The molecule has 3 rings (SSSR count). The van der Waals surface area contributed by atoms with E-state index in [2.05, 4.69) is 5.32 Å². The molecule has 0 fully saturated rings. The Labute approximate surface area is 133 Å². The Kier molecular flexibility index (Phi) is 3.72. The lowest BCUT2D eigenvalue weighted by Gasteiger charge is -2.25. The number of rotatable bonds is 2. The molecule has 0 bridgehead atoms. The molecule has 1 aliphatic heterocycles. The summed E-state index contributed by atoms with van der Waals surface area (Å²) in [5, 5.41) is 3.43. The van der Waals surface area contributed by atoms with Gasteiger partial charge in [0.05, 0.1) is 10.6 Å². The Morgan fingerprint density at radius 3 is 2.43 bits per heavy atom. The molecule has 0 aliphatic carbocycles. The molecular weight excluding hydrogens is 351 g/mol. The number of sulfone groups is 1. The summed E-state index contributed by atoms with van der Waals surface area (Å²) >= 11 is 0.697. The molecule has 122 valence electrons. The third kappa shape index (κ3) is 2.74. The van der Waals surface area contributed by atoms with Gasteiger partial charge in [0.15, 0.2) is 0 Å². The van der Waals surface area contributed by atoms with Crippen LogP contribution in [0.4, 0.5) is 18.9 Å². The minimum Gasteiger partial charge on any atom is -0.324 e. The maximum atomic E-state index is 13.1. The van der Waals surface area contributed by atoms with E-state index in [0.29, 0.717) is 11.3 Å². The first-order valence-electron chi connectivity index (χ1n) is 6.49. The third-order valence-corrected chi connectivity index (χ3v) is 6.53. The van der Waals surface area contributed by atoms with Crippen LogP contribution in [0.15, 0.2) is 45.5 Å². The first kappa shape index (κ1) is 16.0. The molecule has 0 spiro atoms. The summed E-state index contributed by atoms with van der Waals surface area (Å²) in [6, 6.07) is 7.37. The minimum absolute atomic E-state index is 0.0380. The molecule has 1 aromatic carbocycles. The normalized spacial score (nSPS) is 18.4. The maximum absolute atomic E-state index is 13.1. The second-order valence-corrected chi connectivity index (χ2v) is 7.83. The van der Waals surface area contributed by atoms with E-state index < -0.39 is 34.3 Å². The van der Waals surface area contributed by atoms with Gasteiger partial charge in [-0.2, -0.15) is 13.2 Å². The Hall–Kier alpha value is -1.87. The van der Waals surface area contributed by atoms with Gasteiger partial charge in [0.2, 0.25) is 15.7 Å². The molecule has 0 saturated carbocycles. The van der Waals surface area contributed by atoms with Crippen LogP contribution in [0.25, 0.3) is 0 Å². The van der Waals surface area contributed by atoms with Gasteiger partial charge in [0.25, 0.3) is 0 Å². The van der Waals surface area contributed by atoms with Crippen molar-refractivity contribution in [1.29, 1.82) is 0 Å². The molecule has 1 N–H and O–H groups in total. The lowest BCUT2D eigenvalue weighted by atomic mass is 9.98. The number of hydrogen-bond acceptors (Lipinski definition) is 4. The van der Waals surface area contributed by atoms with Crippen molar-refractivity contribution in [2.24, 2.45) is 0 Å². The van der Waals surface area contributed by atoms with Gasteiger partial charge in [-0.3, -0.25) is 4.79 Å². The van der Waals surface area contributed by atoms with E-state index in [0.717, 1.165) is 5.38 Å². The number of hydrogen-bond donors (Lipinski definition) is 1. The molecule has 1 aromatic heterocycles. The monoisotopic (exact) mass is 361 g/mol. The number of thiophene rings is 1. The van der Waals surface area contributed by atoms with E-state index in [-0.39, 0.29) is 20.4 Å². The highest BCUT2D eigenvalue weighted by molar-refractivity contribution is 7.91. The topological polar surface area (TPSA) is 63.2 Å². The molecular formula is C14H10F3NO3S2. The van der Waals surface area contributed by atoms with Crippen molar-refractivity contribution in [2.75, 3.05) is 5.32 Å². The molecule has 2 heterocycles. The van der Waals surface area contributed by atoms with Crippen LogP contribution in [0.3, 0.4) is 0 Å². The Morgan fingerprint density at radius 1 is 1.17 bits per heavy atom. The second kappa shape index (κ2) is 5.34. The number of nitrogens with one attached hydrogen (secondary N) is 1. The summed E-state index contributed by atoms with van der Waals surface area (Å²) < 4.78 is 64.5. The van der Waals surface area contributed by atoms with Gasteiger partial charge in [-0.25, -0.2) is 8.42 Å². The summed E-state index contributed by atoms with van der Waals surface area (Å²) in [4.78, 5) is 11.1. The van der Waals surface area contributed by atoms with Crippen molar-refractivity contribution in [2.45, 2.75) is 28.3 Å². The number of carbonyl (C=O) groups excluding carboxylic acids is 1. The van der Waals surface area contributed by atoms with E-state index in [4.69, 9.17) is 0 Å². The third-order valence-electron chi connectivity index (χ3n) is 3.49. The highest BCUT2D eigenvalue weighted by Crippen LogP contribution is 2.49. The van der Waals surface area contributed by atoms with Gasteiger partial charge < -0.3 is 5.32 Å². The van der Waals surface area contributed by atoms with Crippen LogP contribution in [-0.4, -0.2) is 20.5 Å². The molecule has 1 atom stereocenters. The fraction of sp³-hybridized carbons (Fsp3) is 0.214. The van der Waals surface area contributed by atoms with E-state index in [1.54, 1.807) is 6.07 Å². The van der Waals surface area contributed by atoms with Gasteiger partial charge in [-0.05, 0) is 12.1 Å². The highest BCUT2D eigenvalue weighted by Gasteiger charge is 2.47. The number of halogens is 3. The Balaban J connectivity index is 2.15. The van der Waals surface area contributed by atoms with Crippen molar-refractivity contribution in [1.82, 2.24) is 0 Å². The highest BCUT2D eigenvalue weighted by atomic mass is 32.2. The predicted molar refractivity (Wildman–Crippen MR) is 78.3 cm³/mol. The predicted octanol–water partition coefficient (Wildman–Crippen LogP) is 3.57. The van der Waals surface area contributed by atoms with Crippen molar-refractivity contribution in [3.63, 3.8) is 0 Å². The van der Waals surface area contributed by atoms with Crippen LogP contribution in [0.5, 0.6) is 0 Å². The van der Waals surface area contributed by atoms with Crippen LogP contribution in [0.2, 0.25) is 0 Å². The lowest BCUT2D eigenvalue weighted by Crippen LogP contribution is -2.31. The zero-order chi connectivity index (χ0) is 16.8. The summed E-state index contributed by atoms with van der Waals surface area (Å²) in [5.74, 6) is -2.82. The van der Waals surface area contributed by atoms with Crippen molar-refractivity contribution in [3.05, 3.63) is 40.6 Å². The smallest absolute Gasteiger partial charge is 0.324 e. The average Bonchev–Trinajstić information content (AvgIpc) is 2.90. The van der Waals surface area contributed by atoms with E-state index in [1.807, 2.05) is 0 Å². The van der Waals surface area contributed by atoms with Crippen LogP contribution >= 0.6 is 11.3 Å². The minimum atomic E-state index is -4.61. The van der Waals surface area contributed by atoms with Crippen LogP contribution in [0, 0.1) is 0 Å². The number of anilines is 1. The zero-order valence-corrected chi connectivity index (χ0v) is 13.1. The van der Waals surface area contributed by atoms with Crippen LogP contribution in [0.1, 0.15) is 17.2 Å². The molecule has 0 radical (unpaired) electrons. The molecule has 1 unspecified atom stereocenters. The molecule has 1 amide bonds. The standard InChI is InChI=1S/C14H10F3NO3S2/c15-14(16,17)9-6-11(19)18-12-10(7-22-13(9)12)23(20,21)8-4-2-1-3-5-8/h1-5,7,9H,6H2,(H,18,19). The molecule has 1 aliphatic rings. The fourth-order valence-electron chi connectivity index (χ4n) is 2.39. The van der Waals surface area contributed by atoms with Gasteiger partial charge in [-0.15, -0.1) is 11.3 Å². The lowest BCUT2D eigenvalue weighted by molar-refractivity contribution is -0.156. The Bertz CT molecular complexity index is 857. The summed E-state index contributed by atoms with van der Waals surface area (Å²) in [5.41, 5.74) is -0.252. The van der Waals surface area contributed by atoms with E-state index >= 15 is 0 Å². The summed E-state index contributed by atoms with van der Waals surface area (Å²) in [6.45, 7) is 0. The van der Waals surface area contributed by atoms with Crippen molar-refractivity contribution >= 4 is 32.8 Å². The number of amides is 1. The van der Waals surface area contributed by atoms with Gasteiger partial charge in [0, 0.05) is 16.7 Å². The number of alkyl halides is 3. The second-order valence-electron chi connectivity index (χ2n) is 5.00. The SMILES string of the molecule is O=C1CC(C(F)(F)F)c2scc(S(=O)(=O)c3ccccc3)c2N1. The van der Waals surface area contributed by atoms with Crippen molar-refractivity contribution in [3.8, 4) is 0 Å². The van der Waals surface area contributed by atoms with Crippen LogP contribution < -0.4 is 5.32 Å². The Morgan fingerprint density at radius 2 is 1.83 bits per heavy atom. The molecule has 4 nitrogen and oxygen atoms in total. The number of fused-ring (bicyclic) bond motifs is 1. The first-order chi connectivity index (χ1) is 10.7. The van der Waals surface area contributed by atoms with Crippen molar-refractivity contribution < 1.29 is 26.4 Å². The van der Waals surface area contributed by atoms with Crippen LogP contribution in [-0.2, 0) is 14.6 Å². The molecule has 0 saturated heterocycles. The first-order valence-corrected chi connectivity index (χ1v) is 8.85. The largest absolute Gasteiger partial charge is 0.397 e. The van der Waals surface area contributed by atoms with E-state index in [1.165, 1.54) is 24.3 Å². The van der Waals surface area contributed by atoms with E-state index in [9.17, 15) is 26.4 Å². The molecule has 9 heteroatoms. The molecule has 23 heavy (non-hydrogen) atoms. The fourth-order valence-corrected chi connectivity index (χ4v) is 5.32. The average molecular weight is 361 g/mol.